The Morgan fingerprint density at radius 3 is 2.80 bits per heavy atom. The molecular weight excluding hydrogens is 339 g/mol. The zero-order valence-electron chi connectivity index (χ0n) is 13.6. The van der Waals surface area contributed by atoms with Gasteiger partial charge in [0.05, 0.1) is 11.3 Å². The first-order chi connectivity index (χ1) is 11.6. The van der Waals surface area contributed by atoms with Gasteiger partial charge in [0.25, 0.3) is 11.8 Å². The Morgan fingerprint density at radius 1 is 1.40 bits per heavy atom. The van der Waals surface area contributed by atoms with E-state index in [0.29, 0.717) is 43.3 Å². The van der Waals surface area contributed by atoms with Gasteiger partial charge >= 0.3 is 6.18 Å². The van der Waals surface area contributed by atoms with Gasteiger partial charge < -0.3 is 15.3 Å². The average molecular weight is 357 g/mol. The number of carbonyl (C=O) groups is 2. The van der Waals surface area contributed by atoms with Crippen LogP contribution >= 0.6 is 0 Å². The molecule has 0 spiro atoms. The zero-order valence-corrected chi connectivity index (χ0v) is 13.6. The first-order valence-corrected chi connectivity index (χ1v) is 7.98. The molecule has 6 nitrogen and oxygen atoms in total. The van der Waals surface area contributed by atoms with Crippen LogP contribution < -0.4 is 5.32 Å². The van der Waals surface area contributed by atoms with E-state index >= 15 is 0 Å². The lowest BCUT2D eigenvalue weighted by molar-refractivity contribution is -0.249. The number of fused-ring (bicyclic) bond motifs is 1. The standard InChI is InChI=1S/C16H18F3N3O3/c1-15(25,16(17,18)19)14(24)22-7-5-9(8-22)11-3-2-10-12(21-11)4-6-20-13(10)23/h2-3,9,25H,4-8H2,1H3,(H,20,23)/t9-,15+/m0/s1. The normalized spacial score (nSPS) is 23.0. The van der Waals surface area contributed by atoms with E-state index in [4.69, 9.17) is 0 Å². The molecule has 2 atom stereocenters. The third-order valence-corrected chi connectivity index (χ3v) is 4.75. The molecule has 0 radical (unpaired) electrons. The van der Waals surface area contributed by atoms with E-state index in [0.717, 1.165) is 4.90 Å². The average Bonchev–Trinajstić information content (AvgIpc) is 3.02. The number of nitrogens with zero attached hydrogens (tertiary/aromatic N) is 2. The van der Waals surface area contributed by atoms with Crippen LogP contribution in [0.5, 0.6) is 0 Å². The Balaban J connectivity index is 1.75. The van der Waals surface area contributed by atoms with Gasteiger partial charge in [-0.15, -0.1) is 0 Å². The molecule has 1 saturated heterocycles. The molecule has 1 fully saturated rings. The number of hydrogen-bond donors (Lipinski definition) is 2. The molecule has 3 rings (SSSR count). The first-order valence-electron chi connectivity index (χ1n) is 7.98. The fraction of sp³-hybridized carbons (Fsp3) is 0.562. The molecule has 136 valence electrons. The van der Waals surface area contributed by atoms with Gasteiger partial charge in [-0.1, -0.05) is 0 Å². The van der Waals surface area contributed by atoms with Crippen molar-refractivity contribution in [1.29, 1.82) is 0 Å². The number of nitrogens with one attached hydrogen (secondary N) is 1. The Labute approximate surface area is 142 Å². The van der Waals surface area contributed by atoms with Gasteiger partial charge in [0.1, 0.15) is 0 Å². The van der Waals surface area contributed by atoms with Gasteiger partial charge in [0.2, 0.25) is 5.60 Å². The van der Waals surface area contributed by atoms with Crippen LogP contribution in [0, 0.1) is 0 Å². The van der Waals surface area contributed by atoms with Crippen LogP contribution in [0.4, 0.5) is 13.2 Å². The van der Waals surface area contributed by atoms with Crippen molar-refractivity contribution < 1.29 is 27.9 Å². The molecule has 2 N–H and O–H groups in total. The van der Waals surface area contributed by atoms with Crippen molar-refractivity contribution >= 4 is 11.8 Å². The summed E-state index contributed by atoms with van der Waals surface area (Å²) in [6.45, 7) is 1.14. The predicted molar refractivity (Wildman–Crippen MR) is 80.9 cm³/mol. The molecule has 1 aromatic rings. The largest absolute Gasteiger partial charge is 0.426 e. The second-order valence-corrected chi connectivity index (χ2v) is 6.54. The molecule has 2 amide bonds. The van der Waals surface area contributed by atoms with Crippen LogP contribution in [0.15, 0.2) is 12.1 Å². The minimum atomic E-state index is -5.03. The minimum absolute atomic E-state index is 0.0586. The van der Waals surface area contributed by atoms with Crippen LogP contribution in [0.25, 0.3) is 0 Å². The Bertz CT molecular complexity index is 718. The lowest BCUT2D eigenvalue weighted by Gasteiger charge is -2.29. The smallest absolute Gasteiger partial charge is 0.373 e. The third-order valence-electron chi connectivity index (χ3n) is 4.75. The Hall–Kier alpha value is -2.16. The number of aromatic nitrogens is 1. The highest BCUT2D eigenvalue weighted by Gasteiger charge is 2.57. The summed E-state index contributed by atoms with van der Waals surface area (Å²) in [5.41, 5.74) is -1.59. The summed E-state index contributed by atoms with van der Waals surface area (Å²) in [6, 6.07) is 3.33. The quantitative estimate of drug-likeness (QED) is 0.827. The number of halogens is 3. The van der Waals surface area contributed by atoms with E-state index in [2.05, 4.69) is 10.3 Å². The van der Waals surface area contributed by atoms with E-state index in [1.165, 1.54) is 0 Å². The molecule has 0 aliphatic carbocycles. The van der Waals surface area contributed by atoms with Crippen LogP contribution in [0.3, 0.4) is 0 Å². The van der Waals surface area contributed by atoms with Crippen molar-refractivity contribution in [3.05, 3.63) is 29.1 Å². The summed E-state index contributed by atoms with van der Waals surface area (Å²) in [7, 11) is 0. The van der Waals surface area contributed by atoms with Crippen molar-refractivity contribution in [1.82, 2.24) is 15.2 Å². The molecule has 0 aromatic carbocycles. The first kappa shape index (κ1) is 17.7. The Kier molecular flexibility index (Phi) is 4.22. The third kappa shape index (κ3) is 3.08. The topological polar surface area (TPSA) is 82.5 Å². The number of likely N-dealkylation sites (tertiary alicyclic amines) is 1. The molecule has 25 heavy (non-hydrogen) atoms. The predicted octanol–water partition coefficient (Wildman–Crippen LogP) is 0.997. The van der Waals surface area contributed by atoms with Crippen LogP contribution in [-0.2, 0) is 11.2 Å². The number of rotatable bonds is 2. The van der Waals surface area contributed by atoms with Crippen molar-refractivity contribution in [3.63, 3.8) is 0 Å². The summed E-state index contributed by atoms with van der Waals surface area (Å²) in [5, 5.41) is 12.3. The van der Waals surface area contributed by atoms with Crippen molar-refractivity contribution in [2.45, 2.75) is 37.5 Å². The molecule has 0 saturated carbocycles. The molecule has 0 unspecified atom stereocenters. The summed E-state index contributed by atoms with van der Waals surface area (Å²) >= 11 is 0. The molecule has 2 aliphatic heterocycles. The molecule has 0 bridgehead atoms. The van der Waals surface area contributed by atoms with Crippen molar-refractivity contribution in [3.8, 4) is 0 Å². The van der Waals surface area contributed by atoms with Gasteiger partial charge in [-0.05, 0) is 25.5 Å². The van der Waals surface area contributed by atoms with Crippen molar-refractivity contribution in [2.24, 2.45) is 0 Å². The fourth-order valence-electron chi connectivity index (χ4n) is 3.15. The van der Waals surface area contributed by atoms with E-state index in [-0.39, 0.29) is 24.9 Å². The van der Waals surface area contributed by atoms with Gasteiger partial charge in [-0.3, -0.25) is 14.6 Å². The lowest BCUT2D eigenvalue weighted by atomic mass is 10.00. The van der Waals surface area contributed by atoms with Gasteiger partial charge in [0.15, 0.2) is 0 Å². The van der Waals surface area contributed by atoms with Gasteiger partial charge in [0, 0.05) is 37.7 Å². The van der Waals surface area contributed by atoms with Gasteiger partial charge in [-0.25, -0.2) is 0 Å². The number of aliphatic hydroxyl groups is 1. The number of carbonyl (C=O) groups excluding carboxylic acids is 2. The summed E-state index contributed by atoms with van der Waals surface area (Å²) in [4.78, 5) is 29.3. The van der Waals surface area contributed by atoms with Crippen molar-refractivity contribution in [2.75, 3.05) is 19.6 Å². The highest BCUT2D eigenvalue weighted by molar-refractivity contribution is 5.96. The summed E-state index contributed by atoms with van der Waals surface area (Å²) in [5.74, 6) is -1.76. The number of hydrogen-bond acceptors (Lipinski definition) is 4. The molecule has 9 heteroatoms. The number of alkyl halides is 3. The highest BCUT2D eigenvalue weighted by atomic mass is 19.4. The second kappa shape index (κ2) is 5.98. The van der Waals surface area contributed by atoms with Crippen LogP contribution in [-0.4, -0.2) is 58.2 Å². The Morgan fingerprint density at radius 2 is 2.12 bits per heavy atom. The number of amides is 2. The van der Waals surface area contributed by atoms with Gasteiger partial charge in [-0.2, -0.15) is 13.2 Å². The monoisotopic (exact) mass is 357 g/mol. The summed E-state index contributed by atoms with van der Waals surface area (Å²) < 4.78 is 38.5. The van der Waals surface area contributed by atoms with E-state index in [1.54, 1.807) is 12.1 Å². The molecule has 2 aliphatic rings. The second-order valence-electron chi connectivity index (χ2n) is 6.54. The maximum atomic E-state index is 12.8. The van der Waals surface area contributed by atoms with Crippen LogP contribution in [0.2, 0.25) is 0 Å². The lowest BCUT2D eigenvalue weighted by Crippen LogP contribution is -2.55. The molecular formula is C16H18F3N3O3. The van der Waals surface area contributed by atoms with E-state index in [9.17, 15) is 27.9 Å². The van der Waals surface area contributed by atoms with E-state index in [1.807, 2.05) is 0 Å². The fourth-order valence-corrected chi connectivity index (χ4v) is 3.15. The minimum Gasteiger partial charge on any atom is -0.373 e. The SMILES string of the molecule is C[C@@](O)(C(=O)N1CC[C@H](c2ccc3c(n2)CCNC3=O)C1)C(F)(F)F. The maximum absolute atomic E-state index is 12.8. The van der Waals surface area contributed by atoms with Crippen LogP contribution in [0.1, 0.15) is 41.0 Å². The molecule has 3 heterocycles. The molecule has 1 aromatic heterocycles. The summed E-state index contributed by atoms with van der Waals surface area (Å²) in [6.07, 6.45) is -3.98. The zero-order chi connectivity index (χ0) is 18.4. The number of pyridine rings is 1. The maximum Gasteiger partial charge on any atom is 0.426 e. The highest BCUT2D eigenvalue weighted by Crippen LogP contribution is 2.35. The van der Waals surface area contributed by atoms with E-state index < -0.39 is 17.7 Å².